The van der Waals surface area contributed by atoms with Crippen molar-refractivity contribution in [1.29, 1.82) is 5.26 Å². The first-order chi connectivity index (χ1) is 12.6. The third-order valence-electron chi connectivity index (χ3n) is 3.88. The molecule has 0 fully saturated rings. The molecule has 132 valence electrons. The molecule has 1 aromatic carbocycles. The number of nitrogens with zero attached hydrogens (tertiary/aromatic N) is 4. The van der Waals surface area contributed by atoms with Crippen LogP contribution < -0.4 is 0 Å². The molecule has 0 radical (unpaired) electrons. The fourth-order valence-corrected chi connectivity index (χ4v) is 4.42. The predicted octanol–water partition coefficient (Wildman–Crippen LogP) is 4.30. The number of nitriles is 1. The van der Waals surface area contributed by atoms with E-state index in [0.717, 1.165) is 28.7 Å². The highest BCUT2D eigenvalue weighted by Crippen LogP contribution is 2.28. The Morgan fingerprint density at radius 1 is 1.38 bits per heavy atom. The van der Waals surface area contributed by atoms with Crippen molar-refractivity contribution in [1.82, 2.24) is 14.5 Å². The van der Waals surface area contributed by atoms with Crippen molar-refractivity contribution in [3.8, 4) is 17.3 Å². The van der Waals surface area contributed by atoms with Crippen LogP contribution in [0.25, 0.3) is 11.3 Å². The van der Waals surface area contributed by atoms with Gasteiger partial charge in [0.2, 0.25) is 0 Å². The molecule has 0 saturated carbocycles. The molecule has 5 nitrogen and oxygen atoms in total. The molecule has 0 amide bonds. The number of thiazole rings is 1. The van der Waals surface area contributed by atoms with Crippen molar-refractivity contribution in [3.05, 3.63) is 52.6 Å². The molecule has 2 heterocycles. The summed E-state index contributed by atoms with van der Waals surface area (Å²) in [7, 11) is 0. The van der Waals surface area contributed by atoms with E-state index in [1.807, 2.05) is 48.8 Å². The lowest BCUT2D eigenvalue weighted by atomic mass is 10.1. The van der Waals surface area contributed by atoms with E-state index >= 15 is 0 Å². The van der Waals surface area contributed by atoms with Gasteiger partial charge in [-0.25, -0.2) is 9.97 Å². The lowest BCUT2D eigenvalue weighted by Gasteiger charge is -2.09. The average molecular weight is 383 g/mol. The molecule has 0 bridgehead atoms. The maximum absolute atomic E-state index is 12.5. The number of aryl methyl sites for hydroxylation is 1. The maximum atomic E-state index is 12.5. The molecule has 0 N–H and O–H groups in total. The summed E-state index contributed by atoms with van der Waals surface area (Å²) in [6.07, 6.45) is 1.83. The van der Waals surface area contributed by atoms with Crippen LogP contribution in [0.3, 0.4) is 0 Å². The highest BCUT2D eigenvalue weighted by molar-refractivity contribution is 7.99. The third-order valence-corrected chi connectivity index (χ3v) is 5.92. The Morgan fingerprint density at radius 2 is 2.15 bits per heavy atom. The van der Waals surface area contributed by atoms with Gasteiger partial charge in [0.25, 0.3) is 0 Å². The number of carbonyl (C=O) groups is 1. The van der Waals surface area contributed by atoms with Crippen molar-refractivity contribution in [2.24, 2.45) is 0 Å². The van der Waals surface area contributed by atoms with Crippen LogP contribution >= 0.6 is 23.1 Å². The Hall–Kier alpha value is -2.43. The number of thioether (sulfide) groups is 1. The highest BCUT2D eigenvalue weighted by atomic mass is 32.2. The zero-order valence-corrected chi connectivity index (χ0v) is 16.2. The summed E-state index contributed by atoms with van der Waals surface area (Å²) in [5.74, 6) is -0.749. The largest absolute Gasteiger partial charge is 0.319 e. The fraction of sp³-hybridized carbons (Fsp3) is 0.263. The predicted molar refractivity (Wildman–Crippen MR) is 104 cm³/mol. The Kier molecular flexibility index (Phi) is 5.86. The van der Waals surface area contributed by atoms with Crippen LogP contribution in [0.15, 0.2) is 47.1 Å². The summed E-state index contributed by atoms with van der Waals surface area (Å²) >= 11 is 2.73. The van der Waals surface area contributed by atoms with Crippen LogP contribution in [0.1, 0.15) is 23.5 Å². The molecule has 2 aromatic heterocycles. The first-order valence-corrected chi connectivity index (χ1v) is 10.1. The summed E-state index contributed by atoms with van der Waals surface area (Å²) in [6, 6.07) is 12.1. The minimum absolute atomic E-state index is 0.140. The summed E-state index contributed by atoms with van der Waals surface area (Å²) < 4.78 is 2.09. The smallest absolute Gasteiger partial charge is 0.168 e. The van der Waals surface area contributed by atoms with Gasteiger partial charge >= 0.3 is 0 Å². The van der Waals surface area contributed by atoms with Crippen LogP contribution in [-0.2, 0) is 11.3 Å². The second-order valence-corrected chi connectivity index (χ2v) is 7.51. The molecule has 0 aliphatic carbocycles. The lowest BCUT2D eigenvalue weighted by Crippen LogP contribution is -2.13. The molecule has 0 unspecified atom stereocenters. The minimum Gasteiger partial charge on any atom is -0.319 e. The molecule has 3 rings (SSSR count). The van der Waals surface area contributed by atoms with Crippen LogP contribution in [0, 0.1) is 18.3 Å². The molecule has 0 spiro atoms. The number of rotatable bonds is 7. The van der Waals surface area contributed by atoms with Gasteiger partial charge in [-0.05, 0) is 19.4 Å². The zero-order valence-electron chi connectivity index (χ0n) is 14.5. The summed E-state index contributed by atoms with van der Waals surface area (Å²) in [6.45, 7) is 4.67. The van der Waals surface area contributed by atoms with Crippen LogP contribution in [0.2, 0.25) is 0 Å². The van der Waals surface area contributed by atoms with Gasteiger partial charge in [-0.2, -0.15) is 5.26 Å². The van der Waals surface area contributed by atoms with E-state index in [0.29, 0.717) is 5.01 Å². The molecule has 0 saturated heterocycles. The van der Waals surface area contributed by atoms with Crippen molar-refractivity contribution in [3.63, 3.8) is 0 Å². The van der Waals surface area contributed by atoms with Gasteiger partial charge in [-0.3, -0.25) is 4.79 Å². The molecular weight excluding hydrogens is 364 g/mol. The van der Waals surface area contributed by atoms with Gasteiger partial charge in [-0.15, -0.1) is 11.3 Å². The van der Waals surface area contributed by atoms with Crippen LogP contribution in [-0.4, -0.2) is 26.1 Å². The standard InChI is InChI=1S/C19H18N4OS2/c1-3-23-16(14-7-5-4-6-8-14)10-21-19(23)26-12-17(24)15(9-20)18-22-13(2)11-25-18/h4-8,10-11,15H,3,12H2,1-2H3/t15-/m0/s1. The van der Waals surface area contributed by atoms with Crippen molar-refractivity contribution in [2.75, 3.05) is 5.75 Å². The number of benzene rings is 1. The summed E-state index contributed by atoms with van der Waals surface area (Å²) in [5.41, 5.74) is 2.95. The maximum Gasteiger partial charge on any atom is 0.168 e. The molecule has 3 aromatic rings. The second kappa shape index (κ2) is 8.30. The monoisotopic (exact) mass is 382 g/mol. The van der Waals surface area contributed by atoms with Gasteiger partial charge in [0.15, 0.2) is 16.9 Å². The van der Waals surface area contributed by atoms with E-state index < -0.39 is 5.92 Å². The van der Waals surface area contributed by atoms with Crippen LogP contribution in [0.4, 0.5) is 0 Å². The lowest BCUT2D eigenvalue weighted by molar-refractivity contribution is -0.116. The van der Waals surface area contributed by atoms with Crippen molar-refractivity contribution in [2.45, 2.75) is 31.5 Å². The summed E-state index contributed by atoms with van der Waals surface area (Å²) in [5, 5.41) is 12.6. The second-order valence-electron chi connectivity index (χ2n) is 5.68. The Balaban J connectivity index is 1.74. The zero-order chi connectivity index (χ0) is 18.5. The Morgan fingerprint density at radius 3 is 2.77 bits per heavy atom. The van der Waals surface area contributed by atoms with Gasteiger partial charge in [0.05, 0.1) is 23.7 Å². The number of hydrogen-bond donors (Lipinski definition) is 0. The molecule has 0 aliphatic rings. The van der Waals surface area contributed by atoms with E-state index in [9.17, 15) is 10.1 Å². The van der Waals surface area contributed by atoms with E-state index in [4.69, 9.17) is 0 Å². The first-order valence-electron chi connectivity index (χ1n) is 8.22. The molecule has 7 heteroatoms. The minimum atomic E-state index is -0.806. The van der Waals surface area contributed by atoms with Crippen molar-refractivity contribution < 1.29 is 4.79 Å². The highest BCUT2D eigenvalue weighted by Gasteiger charge is 2.24. The molecule has 0 aliphatic heterocycles. The van der Waals surface area contributed by atoms with Gasteiger partial charge in [-0.1, -0.05) is 42.1 Å². The topological polar surface area (TPSA) is 71.6 Å². The number of aromatic nitrogens is 3. The molecular formula is C19H18N4OS2. The third kappa shape index (κ3) is 3.87. The van der Waals surface area contributed by atoms with E-state index in [1.54, 1.807) is 0 Å². The average Bonchev–Trinajstić information content (AvgIpc) is 3.27. The number of ketones is 1. The van der Waals surface area contributed by atoms with Gasteiger partial charge in [0.1, 0.15) is 5.01 Å². The Bertz CT molecular complexity index is 940. The number of hydrogen-bond acceptors (Lipinski definition) is 6. The molecule has 1 atom stereocenters. The Labute approximate surface area is 160 Å². The van der Waals surface area contributed by atoms with Crippen molar-refractivity contribution >= 4 is 28.9 Å². The van der Waals surface area contributed by atoms with E-state index in [1.165, 1.54) is 23.1 Å². The van der Waals surface area contributed by atoms with Gasteiger partial charge < -0.3 is 4.57 Å². The normalized spacial score (nSPS) is 11.9. The molecule has 26 heavy (non-hydrogen) atoms. The first kappa shape index (κ1) is 18.4. The quantitative estimate of drug-likeness (QED) is 0.570. The fourth-order valence-electron chi connectivity index (χ4n) is 2.61. The number of carbonyl (C=O) groups excluding carboxylic acids is 1. The van der Waals surface area contributed by atoms with E-state index in [-0.39, 0.29) is 11.5 Å². The number of imidazole rings is 1. The summed E-state index contributed by atoms with van der Waals surface area (Å²) in [4.78, 5) is 21.3. The SMILES string of the molecule is CCn1c(-c2ccccc2)cnc1SCC(=O)[C@H](C#N)c1nc(C)cs1. The van der Waals surface area contributed by atoms with Gasteiger partial charge in [0, 0.05) is 17.6 Å². The van der Waals surface area contributed by atoms with Crippen LogP contribution in [0.5, 0.6) is 0 Å². The van der Waals surface area contributed by atoms with E-state index in [2.05, 4.69) is 27.5 Å². The number of Topliss-reactive ketones (excluding diaryl/α,β-unsaturated/α-hetero) is 1.